The van der Waals surface area contributed by atoms with E-state index in [2.05, 4.69) is 10.3 Å². The smallest absolute Gasteiger partial charge is 0.291 e. The Labute approximate surface area is 262 Å². The predicted octanol–water partition coefficient (Wildman–Crippen LogP) is 2.63. The molecule has 242 valence electrons. The van der Waals surface area contributed by atoms with E-state index < -0.39 is 17.5 Å². The summed E-state index contributed by atoms with van der Waals surface area (Å²) in [5.74, 6) is -3.54. The van der Waals surface area contributed by atoms with Crippen LogP contribution in [0.3, 0.4) is 0 Å². The molecule has 1 aromatic heterocycles. The fourth-order valence-corrected chi connectivity index (χ4v) is 4.80. The van der Waals surface area contributed by atoms with Crippen molar-refractivity contribution < 1.29 is 42.5 Å². The number of halogens is 3. The van der Waals surface area contributed by atoms with Gasteiger partial charge in [-0.1, -0.05) is 11.6 Å². The fraction of sp³-hybridized carbons (Fsp3) is 0.345. The van der Waals surface area contributed by atoms with Gasteiger partial charge in [-0.05, 0) is 30.3 Å². The highest BCUT2D eigenvalue weighted by Gasteiger charge is 2.26. The average Bonchev–Trinajstić information content (AvgIpc) is 3.41. The highest BCUT2D eigenvalue weighted by molar-refractivity contribution is 6.34. The van der Waals surface area contributed by atoms with Crippen molar-refractivity contribution in [3.05, 3.63) is 64.6 Å². The number of rotatable bonds is 10. The summed E-state index contributed by atoms with van der Waals surface area (Å²) in [4.78, 5) is 54.1. The number of ether oxygens (including phenoxy) is 2. The number of anilines is 1. The van der Waals surface area contributed by atoms with Gasteiger partial charge in [-0.15, -0.1) is 0 Å². The van der Waals surface area contributed by atoms with Gasteiger partial charge >= 0.3 is 0 Å². The molecule has 3 aromatic rings. The van der Waals surface area contributed by atoms with Crippen molar-refractivity contribution in [2.24, 2.45) is 12.8 Å². The molecule has 4 N–H and O–H groups in total. The Hall–Kier alpha value is -4.60. The topological polar surface area (TPSA) is 169 Å². The van der Waals surface area contributed by atoms with Crippen LogP contribution in [0.15, 0.2) is 36.5 Å². The Balaban J connectivity index is 0.00000177. The largest absolute Gasteiger partial charge is 0.494 e. The van der Waals surface area contributed by atoms with Gasteiger partial charge in [0.2, 0.25) is 11.7 Å². The van der Waals surface area contributed by atoms with Gasteiger partial charge < -0.3 is 40.0 Å². The van der Waals surface area contributed by atoms with E-state index in [1.54, 1.807) is 9.80 Å². The third-order valence-corrected chi connectivity index (χ3v) is 7.15. The summed E-state index contributed by atoms with van der Waals surface area (Å²) in [6, 6.07) is 7.10. The Morgan fingerprint density at radius 2 is 1.76 bits per heavy atom. The number of nitrogens with two attached hydrogens (primary N) is 1. The first-order chi connectivity index (χ1) is 21.6. The lowest BCUT2D eigenvalue weighted by atomic mass is 10.1. The summed E-state index contributed by atoms with van der Waals surface area (Å²) in [7, 11) is 2.73. The number of hydrogen-bond acceptors (Lipinski definition) is 8. The molecule has 0 bridgehead atoms. The van der Waals surface area contributed by atoms with Crippen molar-refractivity contribution in [1.29, 1.82) is 0 Å². The second kappa shape index (κ2) is 16.5. The third kappa shape index (κ3) is 8.53. The summed E-state index contributed by atoms with van der Waals surface area (Å²) in [6.07, 6.45) is 1.51. The first kappa shape index (κ1) is 34.9. The van der Waals surface area contributed by atoms with E-state index in [0.717, 1.165) is 0 Å². The molecule has 0 unspecified atom stereocenters. The molecule has 16 heteroatoms. The Kier molecular flexibility index (Phi) is 12.8. The molecular weight excluding hydrogens is 618 g/mol. The first-order valence-electron chi connectivity index (χ1n) is 13.7. The molecule has 1 fully saturated rings. The lowest BCUT2D eigenvalue weighted by Crippen LogP contribution is -2.50. The number of carboxylic acid groups (broad SMARTS) is 1. The second-order valence-electron chi connectivity index (χ2n) is 9.55. The van der Waals surface area contributed by atoms with Crippen LogP contribution in [-0.4, -0.2) is 102 Å². The molecule has 1 saturated heterocycles. The summed E-state index contributed by atoms with van der Waals surface area (Å²) in [6.45, 7) is 2.34. The number of hydrogen-bond donors (Lipinski definition) is 3. The van der Waals surface area contributed by atoms with E-state index in [9.17, 15) is 23.2 Å². The van der Waals surface area contributed by atoms with Crippen molar-refractivity contribution >= 4 is 41.5 Å². The molecule has 13 nitrogen and oxygen atoms in total. The molecular formula is C29H33ClF2N6O7. The Morgan fingerprint density at radius 3 is 2.38 bits per heavy atom. The first-order valence-corrected chi connectivity index (χ1v) is 14.0. The van der Waals surface area contributed by atoms with Gasteiger partial charge in [0.25, 0.3) is 18.3 Å². The van der Waals surface area contributed by atoms with E-state index >= 15 is 0 Å². The number of amides is 3. The van der Waals surface area contributed by atoms with Crippen molar-refractivity contribution in [3.63, 3.8) is 0 Å². The summed E-state index contributed by atoms with van der Waals surface area (Å²) in [5, 5.41) is 9.67. The zero-order valence-electron chi connectivity index (χ0n) is 24.6. The SMILES string of the molecule is COc1ccc(-c2cnc(C(=O)Nc3ccc(C(=O)N4CCN(C(=O)CCOCCN)CC4)c(Cl)c3)n2C)c(F)c1F.O=CO. The number of benzene rings is 2. The number of aromatic nitrogens is 2. The predicted molar refractivity (Wildman–Crippen MR) is 160 cm³/mol. The van der Waals surface area contributed by atoms with Crippen molar-refractivity contribution in [3.8, 4) is 17.0 Å². The van der Waals surface area contributed by atoms with Crippen LogP contribution in [0.2, 0.25) is 5.02 Å². The maximum Gasteiger partial charge on any atom is 0.291 e. The van der Waals surface area contributed by atoms with Crippen LogP contribution in [0.4, 0.5) is 14.5 Å². The molecule has 0 atom stereocenters. The maximum absolute atomic E-state index is 14.6. The summed E-state index contributed by atoms with van der Waals surface area (Å²) >= 11 is 6.41. The van der Waals surface area contributed by atoms with Gasteiger partial charge in [0, 0.05) is 51.0 Å². The maximum atomic E-state index is 14.6. The Bertz CT molecular complexity index is 1530. The molecule has 3 amide bonds. The molecule has 0 spiro atoms. The minimum absolute atomic E-state index is 0.0432. The summed E-state index contributed by atoms with van der Waals surface area (Å²) < 4.78 is 40.2. The van der Waals surface area contributed by atoms with Crippen LogP contribution in [0.25, 0.3) is 11.3 Å². The van der Waals surface area contributed by atoms with Crippen LogP contribution in [-0.2, 0) is 21.4 Å². The monoisotopic (exact) mass is 650 g/mol. The van der Waals surface area contributed by atoms with Gasteiger partial charge in [-0.25, -0.2) is 9.37 Å². The highest BCUT2D eigenvalue weighted by Crippen LogP contribution is 2.30. The molecule has 1 aliphatic heterocycles. The lowest BCUT2D eigenvalue weighted by molar-refractivity contribution is -0.133. The normalized spacial score (nSPS) is 12.7. The second-order valence-corrected chi connectivity index (χ2v) is 9.95. The molecule has 2 heterocycles. The third-order valence-electron chi connectivity index (χ3n) is 6.83. The minimum atomic E-state index is -1.15. The average molecular weight is 651 g/mol. The molecule has 45 heavy (non-hydrogen) atoms. The number of methoxy groups -OCH3 is 1. The number of piperazine rings is 1. The standard InChI is InChI=1S/C28H31ClF2N6O5.CH2O2/c1-35-21(19-5-6-22(41-2)25(31)24(19)30)16-33-26(35)27(39)34-17-3-4-18(20(29)15-17)28(40)37-11-9-36(10-12-37)23(38)7-13-42-14-8-32;2-1-3/h3-6,15-16H,7-14,32H2,1-2H3,(H,34,39);1H,(H,2,3). The molecule has 1 aliphatic rings. The van der Waals surface area contributed by atoms with Crippen LogP contribution in [0.1, 0.15) is 27.4 Å². The van der Waals surface area contributed by atoms with E-state index in [1.807, 2.05) is 0 Å². The number of nitrogens with zero attached hydrogens (tertiary/aromatic N) is 4. The fourth-order valence-electron chi connectivity index (χ4n) is 4.54. The van der Waals surface area contributed by atoms with Gasteiger partial charge in [0.05, 0.1) is 49.2 Å². The van der Waals surface area contributed by atoms with Gasteiger partial charge in [-0.3, -0.25) is 19.2 Å². The van der Waals surface area contributed by atoms with Crippen molar-refractivity contribution in [1.82, 2.24) is 19.4 Å². The van der Waals surface area contributed by atoms with E-state index in [0.29, 0.717) is 51.6 Å². The number of carbonyl (C=O) groups excluding carboxylic acids is 3. The van der Waals surface area contributed by atoms with Gasteiger partial charge in [0.1, 0.15) is 0 Å². The summed E-state index contributed by atoms with van der Waals surface area (Å²) in [5.41, 5.74) is 6.02. The van der Waals surface area contributed by atoms with Crippen LogP contribution >= 0.6 is 11.6 Å². The van der Waals surface area contributed by atoms with Crippen LogP contribution in [0, 0.1) is 11.6 Å². The Morgan fingerprint density at radius 1 is 1.09 bits per heavy atom. The number of nitrogens with one attached hydrogen (secondary N) is 1. The van der Waals surface area contributed by atoms with E-state index in [-0.39, 0.29) is 58.1 Å². The van der Waals surface area contributed by atoms with E-state index in [1.165, 1.54) is 55.3 Å². The van der Waals surface area contributed by atoms with Crippen molar-refractivity contribution in [2.45, 2.75) is 6.42 Å². The van der Waals surface area contributed by atoms with Crippen LogP contribution < -0.4 is 15.8 Å². The number of imidazole rings is 1. The van der Waals surface area contributed by atoms with Gasteiger partial charge in [-0.2, -0.15) is 4.39 Å². The highest BCUT2D eigenvalue weighted by atomic mass is 35.5. The molecule has 0 saturated carbocycles. The molecule has 4 rings (SSSR count). The quantitative estimate of drug-likeness (QED) is 0.221. The van der Waals surface area contributed by atoms with E-state index in [4.69, 9.17) is 36.7 Å². The van der Waals surface area contributed by atoms with Crippen molar-refractivity contribution in [2.75, 3.05) is 58.4 Å². The lowest BCUT2D eigenvalue weighted by Gasteiger charge is -2.35. The minimum Gasteiger partial charge on any atom is -0.494 e. The van der Waals surface area contributed by atoms with Crippen LogP contribution in [0.5, 0.6) is 5.75 Å². The molecule has 0 aliphatic carbocycles. The number of carbonyl (C=O) groups is 4. The zero-order valence-corrected chi connectivity index (χ0v) is 25.4. The molecule has 0 radical (unpaired) electrons. The molecule has 2 aromatic carbocycles. The zero-order chi connectivity index (χ0) is 33.1. The van der Waals surface area contributed by atoms with Gasteiger partial charge in [0.15, 0.2) is 17.4 Å².